The Bertz CT molecular complexity index is 511. The first kappa shape index (κ1) is 17.0. The van der Waals surface area contributed by atoms with Crippen molar-refractivity contribution in [3.05, 3.63) is 29.8 Å². The van der Waals surface area contributed by atoms with Crippen molar-refractivity contribution in [2.45, 2.75) is 39.7 Å². The number of rotatable bonds is 7. The van der Waals surface area contributed by atoms with Crippen molar-refractivity contribution in [1.29, 1.82) is 0 Å². The monoisotopic (exact) mass is 293 g/mol. The van der Waals surface area contributed by atoms with E-state index in [1.807, 2.05) is 31.2 Å². The second-order valence-corrected chi connectivity index (χ2v) is 5.42. The fourth-order valence-corrected chi connectivity index (χ4v) is 2.10. The van der Waals surface area contributed by atoms with Gasteiger partial charge in [0.05, 0.1) is 13.0 Å². The van der Waals surface area contributed by atoms with Gasteiger partial charge in [-0.25, -0.2) is 4.79 Å². The summed E-state index contributed by atoms with van der Waals surface area (Å²) in [5.74, 6) is -0.529. The maximum atomic E-state index is 12.2. The molecule has 0 bridgehead atoms. The van der Waals surface area contributed by atoms with Crippen molar-refractivity contribution in [3.8, 4) is 5.75 Å². The van der Waals surface area contributed by atoms with Crippen LogP contribution in [0.15, 0.2) is 24.3 Å². The Morgan fingerprint density at radius 1 is 1.33 bits per heavy atom. The average Bonchev–Trinajstić information content (AvgIpc) is 2.39. The highest BCUT2D eigenvalue weighted by atomic mass is 16.5. The van der Waals surface area contributed by atoms with Gasteiger partial charge in [-0.05, 0) is 45.4 Å². The summed E-state index contributed by atoms with van der Waals surface area (Å²) >= 11 is 0. The zero-order valence-electron chi connectivity index (χ0n) is 13.0. The normalized spacial score (nSPS) is 11.0. The number of amides is 1. The van der Waals surface area contributed by atoms with Gasteiger partial charge in [-0.3, -0.25) is 4.79 Å². The van der Waals surface area contributed by atoms with Gasteiger partial charge in [0.15, 0.2) is 0 Å². The van der Waals surface area contributed by atoms with E-state index in [-0.39, 0.29) is 18.9 Å². The molecule has 0 heterocycles. The van der Waals surface area contributed by atoms with Gasteiger partial charge in [0.25, 0.3) is 0 Å². The van der Waals surface area contributed by atoms with Gasteiger partial charge >= 0.3 is 5.97 Å². The molecule has 1 aromatic rings. The number of nitrogens with zero attached hydrogens (tertiary/aromatic N) is 1. The maximum absolute atomic E-state index is 12.2. The number of carboxylic acid groups (broad SMARTS) is 1. The number of benzene rings is 1. The van der Waals surface area contributed by atoms with Crippen molar-refractivity contribution in [2.75, 3.05) is 13.2 Å². The number of carbonyl (C=O) groups excluding carboxylic acids is 1. The van der Waals surface area contributed by atoms with Crippen molar-refractivity contribution in [1.82, 2.24) is 4.90 Å². The van der Waals surface area contributed by atoms with E-state index in [4.69, 9.17) is 4.74 Å². The number of likely N-dealkylation sites (N-methyl/N-ethyl adjacent to an activating group) is 1. The number of aryl methyl sites for hydroxylation is 1. The highest BCUT2D eigenvalue weighted by molar-refractivity contribution is 5.86. The summed E-state index contributed by atoms with van der Waals surface area (Å²) in [6.07, 6.45) is 0.151. The second kappa shape index (κ2) is 7.11. The predicted molar refractivity (Wildman–Crippen MR) is 80.4 cm³/mol. The third kappa shape index (κ3) is 4.48. The Balaban J connectivity index is 2.58. The lowest BCUT2D eigenvalue weighted by molar-refractivity contribution is -0.156. The summed E-state index contributed by atoms with van der Waals surface area (Å²) in [4.78, 5) is 24.8. The van der Waals surface area contributed by atoms with Gasteiger partial charge < -0.3 is 14.7 Å². The Hall–Kier alpha value is -2.04. The molecule has 1 aromatic carbocycles. The number of aliphatic carboxylic acids is 1. The van der Waals surface area contributed by atoms with Gasteiger partial charge in [-0.1, -0.05) is 12.1 Å². The molecule has 0 fully saturated rings. The molecule has 1 rings (SSSR count). The molecule has 0 saturated heterocycles. The SMILES string of the molecule is CCN(C(=O)CCOc1cccc(C)c1)C(C)(C)C(=O)O. The van der Waals surface area contributed by atoms with Crippen LogP contribution in [0.2, 0.25) is 0 Å². The van der Waals surface area contributed by atoms with E-state index in [2.05, 4.69) is 0 Å². The van der Waals surface area contributed by atoms with Crippen molar-refractivity contribution in [2.24, 2.45) is 0 Å². The lowest BCUT2D eigenvalue weighted by atomic mass is 10.0. The summed E-state index contributed by atoms with van der Waals surface area (Å²) < 4.78 is 5.53. The second-order valence-electron chi connectivity index (χ2n) is 5.42. The minimum atomic E-state index is -1.21. The summed E-state index contributed by atoms with van der Waals surface area (Å²) in [7, 11) is 0. The van der Waals surface area contributed by atoms with Crippen molar-refractivity contribution in [3.63, 3.8) is 0 Å². The fourth-order valence-electron chi connectivity index (χ4n) is 2.10. The third-order valence-corrected chi connectivity index (χ3v) is 3.39. The van der Waals surface area contributed by atoms with E-state index >= 15 is 0 Å². The highest BCUT2D eigenvalue weighted by Gasteiger charge is 2.36. The molecule has 0 unspecified atom stereocenters. The van der Waals surface area contributed by atoms with Crippen LogP contribution < -0.4 is 4.74 Å². The number of hydrogen-bond acceptors (Lipinski definition) is 3. The first-order valence-corrected chi connectivity index (χ1v) is 7.02. The molecule has 1 amide bonds. The molecule has 0 atom stereocenters. The van der Waals surface area contributed by atoms with E-state index in [9.17, 15) is 14.7 Å². The van der Waals surface area contributed by atoms with Crippen LogP contribution >= 0.6 is 0 Å². The smallest absolute Gasteiger partial charge is 0.329 e. The molecule has 116 valence electrons. The highest BCUT2D eigenvalue weighted by Crippen LogP contribution is 2.17. The van der Waals surface area contributed by atoms with E-state index in [1.54, 1.807) is 6.92 Å². The number of carboxylic acids is 1. The molecular formula is C16H23NO4. The minimum absolute atomic E-state index is 0.151. The molecule has 0 spiro atoms. The van der Waals surface area contributed by atoms with Crippen LogP contribution in [-0.4, -0.2) is 40.6 Å². The zero-order chi connectivity index (χ0) is 16.0. The Morgan fingerprint density at radius 3 is 2.52 bits per heavy atom. The summed E-state index contributed by atoms with van der Waals surface area (Å²) in [5, 5.41) is 9.20. The van der Waals surface area contributed by atoms with Crippen LogP contribution in [0.4, 0.5) is 0 Å². The first-order valence-electron chi connectivity index (χ1n) is 7.02. The first-order chi connectivity index (χ1) is 9.78. The standard InChI is InChI=1S/C16H23NO4/c1-5-17(16(3,4)15(19)20)14(18)9-10-21-13-8-6-7-12(2)11-13/h6-8,11H,5,9-10H2,1-4H3,(H,19,20). The molecule has 0 aromatic heterocycles. The average molecular weight is 293 g/mol. The van der Waals surface area contributed by atoms with E-state index in [0.29, 0.717) is 12.3 Å². The molecule has 0 aliphatic heterocycles. The molecule has 0 aliphatic rings. The molecular weight excluding hydrogens is 270 g/mol. The van der Waals surface area contributed by atoms with E-state index in [1.165, 1.54) is 18.7 Å². The van der Waals surface area contributed by atoms with Crippen LogP contribution in [0.25, 0.3) is 0 Å². The molecule has 5 heteroatoms. The minimum Gasteiger partial charge on any atom is -0.493 e. The van der Waals surface area contributed by atoms with Crippen LogP contribution in [0.5, 0.6) is 5.75 Å². The predicted octanol–water partition coefficient (Wildman–Crippen LogP) is 2.48. The molecule has 5 nitrogen and oxygen atoms in total. The van der Waals surface area contributed by atoms with Crippen molar-refractivity contribution >= 4 is 11.9 Å². The summed E-state index contributed by atoms with van der Waals surface area (Å²) in [6, 6.07) is 7.57. The van der Waals surface area contributed by atoms with Crippen LogP contribution in [-0.2, 0) is 9.59 Å². The maximum Gasteiger partial charge on any atom is 0.329 e. The molecule has 21 heavy (non-hydrogen) atoms. The van der Waals surface area contributed by atoms with E-state index in [0.717, 1.165) is 5.56 Å². The largest absolute Gasteiger partial charge is 0.493 e. The van der Waals surface area contributed by atoms with Gasteiger partial charge in [0.2, 0.25) is 5.91 Å². The summed E-state index contributed by atoms with van der Waals surface area (Å²) in [6.45, 7) is 7.36. The third-order valence-electron chi connectivity index (χ3n) is 3.39. The molecule has 0 saturated carbocycles. The van der Waals surface area contributed by atoms with Crippen LogP contribution in [0, 0.1) is 6.92 Å². The molecule has 0 aliphatic carbocycles. The number of ether oxygens (including phenoxy) is 1. The quantitative estimate of drug-likeness (QED) is 0.838. The zero-order valence-corrected chi connectivity index (χ0v) is 13.0. The Morgan fingerprint density at radius 2 is 2.00 bits per heavy atom. The van der Waals surface area contributed by atoms with E-state index < -0.39 is 11.5 Å². The molecule has 1 N–H and O–H groups in total. The van der Waals surface area contributed by atoms with Gasteiger partial charge in [0, 0.05) is 6.54 Å². The number of hydrogen-bond donors (Lipinski definition) is 1. The van der Waals surface area contributed by atoms with Gasteiger partial charge in [-0.15, -0.1) is 0 Å². The van der Waals surface area contributed by atoms with Crippen molar-refractivity contribution < 1.29 is 19.4 Å². The Labute approximate surface area is 125 Å². The lowest BCUT2D eigenvalue weighted by Crippen LogP contribution is -2.53. The van der Waals surface area contributed by atoms with Crippen LogP contribution in [0.1, 0.15) is 32.8 Å². The number of carbonyl (C=O) groups is 2. The van der Waals surface area contributed by atoms with Crippen LogP contribution in [0.3, 0.4) is 0 Å². The molecule has 0 radical (unpaired) electrons. The summed E-state index contributed by atoms with van der Waals surface area (Å²) in [5.41, 5.74) is -0.129. The van der Waals surface area contributed by atoms with Gasteiger partial charge in [0.1, 0.15) is 11.3 Å². The fraction of sp³-hybridized carbons (Fsp3) is 0.500. The lowest BCUT2D eigenvalue weighted by Gasteiger charge is -2.34. The Kier molecular flexibility index (Phi) is 5.76. The van der Waals surface area contributed by atoms with Gasteiger partial charge in [-0.2, -0.15) is 0 Å². The topological polar surface area (TPSA) is 66.8 Å².